The predicted molar refractivity (Wildman–Crippen MR) is 152 cm³/mol. The third kappa shape index (κ3) is 4.87. The molecule has 1 aliphatic carbocycles. The van der Waals surface area contributed by atoms with Gasteiger partial charge in [0.15, 0.2) is 0 Å². The SMILES string of the molecule is CC(C)(C)c1cc([C@H]2Nc3ccccc3N=C3C[C@H](c4ccc(F)cc4)CC(=O)[C@@H]32)cc(C(C)(C)C)c1O. The second kappa shape index (κ2) is 9.37. The number of aliphatic imine (C=N–C) groups is 1. The van der Waals surface area contributed by atoms with E-state index in [1.165, 1.54) is 12.1 Å². The summed E-state index contributed by atoms with van der Waals surface area (Å²) in [6.07, 6.45) is 1.01. The van der Waals surface area contributed by atoms with E-state index in [1.54, 1.807) is 12.1 Å². The minimum absolute atomic E-state index is 0.0425. The van der Waals surface area contributed by atoms with Crippen LogP contribution < -0.4 is 5.32 Å². The molecule has 38 heavy (non-hydrogen) atoms. The first-order valence-corrected chi connectivity index (χ1v) is 13.4. The molecule has 3 aromatic carbocycles. The zero-order valence-electron chi connectivity index (χ0n) is 23.1. The van der Waals surface area contributed by atoms with Crippen molar-refractivity contribution in [2.45, 2.75) is 77.2 Å². The molecule has 0 bridgehead atoms. The molecule has 1 heterocycles. The number of benzene rings is 3. The van der Waals surface area contributed by atoms with Crippen molar-refractivity contribution in [1.29, 1.82) is 0 Å². The molecule has 0 aromatic heterocycles. The first-order chi connectivity index (χ1) is 17.8. The van der Waals surface area contributed by atoms with Crippen LogP contribution in [0.5, 0.6) is 5.75 Å². The second-order valence-corrected chi connectivity index (χ2v) is 12.8. The number of hydrogen-bond acceptors (Lipinski definition) is 4. The van der Waals surface area contributed by atoms with E-state index in [9.17, 15) is 14.3 Å². The van der Waals surface area contributed by atoms with E-state index in [1.807, 2.05) is 24.3 Å². The predicted octanol–water partition coefficient (Wildman–Crippen LogP) is 8.13. The van der Waals surface area contributed by atoms with Crippen LogP contribution in [0.15, 0.2) is 65.7 Å². The van der Waals surface area contributed by atoms with Gasteiger partial charge >= 0.3 is 0 Å². The summed E-state index contributed by atoms with van der Waals surface area (Å²) in [6, 6.07) is 18.2. The van der Waals surface area contributed by atoms with Crippen LogP contribution in [0, 0.1) is 11.7 Å². The van der Waals surface area contributed by atoms with Crippen molar-refractivity contribution in [3.05, 3.63) is 88.7 Å². The summed E-state index contributed by atoms with van der Waals surface area (Å²) in [7, 11) is 0. The highest BCUT2D eigenvalue weighted by atomic mass is 19.1. The molecular formula is C33H37FN2O2. The maximum Gasteiger partial charge on any atom is 0.144 e. The number of phenolic OH excluding ortho intramolecular Hbond substituents is 1. The van der Waals surface area contributed by atoms with Crippen LogP contribution in [0.4, 0.5) is 15.8 Å². The fourth-order valence-corrected chi connectivity index (χ4v) is 5.83. The summed E-state index contributed by atoms with van der Waals surface area (Å²) >= 11 is 0. The van der Waals surface area contributed by atoms with E-state index < -0.39 is 5.92 Å². The number of Topliss-reactive ketones (excluding diaryl/α,β-unsaturated/α-hetero) is 1. The fraction of sp³-hybridized carbons (Fsp3) is 0.394. The lowest BCUT2D eigenvalue weighted by molar-refractivity contribution is -0.122. The van der Waals surface area contributed by atoms with E-state index in [4.69, 9.17) is 4.99 Å². The summed E-state index contributed by atoms with van der Waals surface area (Å²) in [5.41, 5.74) is 5.63. The summed E-state index contributed by atoms with van der Waals surface area (Å²) in [4.78, 5) is 19.0. The Hall–Kier alpha value is -3.47. The Bertz CT molecular complexity index is 1380. The van der Waals surface area contributed by atoms with Crippen molar-refractivity contribution >= 4 is 22.9 Å². The van der Waals surface area contributed by atoms with Gasteiger partial charge in [-0.2, -0.15) is 0 Å². The number of anilines is 1. The van der Waals surface area contributed by atoms with Crippen LogP contribution in [0.2, 0.25) is 0 Å². The Morgan fingerprint density at radius 2 is 1.47 bits per heavy atom. The Labute approximate surface area is 225 Å². The molecule has 3 aromatic rings. The highest BCUT2D eigenvalue weighted by Gasteiger charge is 2.42. The van der Waals surface area contributed by atoms with Gasteiger partial charge in [0.05, 0.1) is 23.3 Å². The van der Waals surface area contributed by atoms with E-state index in [-0.39, 0.29) is 34.4 Å². The van der Waals surface area contributed by atoms with Crippen molar-refractivity contribution in [2.24, 2.45) is 10.9 Å². The van der Waals surface area contributed by atoms with Gasteiger partial charge in [-0.1, -0.05) is 65.8 Å². The minimum atomic E-state index is -0.440. The summed E-state index contributed by atoms with van der Waals surface area (Å²) < 4.78 is 13.6. The summed E-state index contributed by atoms with van der Waals surface area (Å²) in [5.74, 6) is -0.320. The van der Waals surface area contributed by atoms with Crippen molar-refractivity contribution in [3.63, 3.8) is 0 Å². The number of hydrogen-bond donors (Lipinski definition) is 2. The van der Waals surface area contributed by atoms with Gasteiger partial charge in [-0.05, 0) is 81.8 Å². The lowest BCUT2D eigenvalue weighted by Gasteiger charge is -2.35. The number of ketones is 1. The van der Waals surface area contributed by atoms with Crippen LogP contribution in [0.25, 0.3) is 0 Å². The second-order valence-electron chi connectivity index (χ2n) is 12.8. The maximum atomic E-state index is 14.0. The number of nitrogens with one attached hydrogen (secondary N) is 1. The third-order valence-corrected chi connectivity index (χ3v) is 7.87. The molecule has 0 saturated heterocycles. The number of para-hydroxylation sites is 2. The highest BCUT2D eigenvalue weighted by molar-refractivity contribution is 6.10. The smallest absolute Gasteiger partial charge is 0.144 e. The average Bonchev–Trinajstić information content (AvgIpc) is 3.00. The third-order valence-electron chi connectivity index (χ3n) is 7.87. The van der Waals surface area contributed by atoms with Crippen molar-refractivity contribution < 1.29 is 14.3 Å². The van der Waals surface area contributed by atoms with Gasteiger partial charge in [0.25, 0.3) is 0 Å². The molecule has 0 spiro atoms. The van der Waals surface area contributed by atoms with Gasteiger partial charge in [-0.3, -0.25) is 9.79 Å². The highest BCUT2D eigenvalue weighted by Crippen LogP contribution is 2.47. The molecule has 0 radical (unpaired) electrons. The van der Waals surface area contributed by atoms with Gasteiger partial charge in [0.1, 0.15) is 17.3 Å². The lowest BCUT2D eigenvalue weighted by Crippen LogP contribution is -2.39. The Morgan fingerprint density at radius 3 is 2.08 bits per heavy atom. The molecule has 3 atom stereocenters. The monoisotopic (exact) mass is 512 g/mol. The zero-order valence-corrected chi connectivity index (χ0v) is 23.1. The Balaban J connectivity index is 1.66. The molecule has 1 saturated carbocycles. The number of carbonyl (C=O) groups is 1. The van der Waals surface area contributed by atoms with Gasteiger partial charge in [-0.25, -0.2) is 4.39 Å². The molecule has 2 N–H and O–H groups in total. The van der Waals surface area contributed by atoms with E-state index in [0.717, 1.165) is 39.3 Å². The standard InChI is InChI=1S/C33H37FN2O2/c1-32(2,3)23-15-21(16-24(31(23)38)33(4,5)6)30-29-27(35-25-9-7-8-10-26(25)36-30)17-20(18-28(29)37)19-11-13-22(34)14-12-19/h7-16,20,29-30,36,38H,17-18H2,1-6H3/t20-,29+,30+/m0/s1. The van der Waals surface area contributed by atoms with E-state index >= 15 is 0 Å². The van der Waals surface area contributed by atoms with Crippen molar-refractivity contribution in [1.82, 2.24) is 0 Å². The molecule has 0 unspecified atom stereocenters. The normalized spacial score (nSPS) is 21.6. The first kappa shape index (κ1) is 26.1. The van der Waals surface area contributed by atoms with Gasteiger partial charge in [0, 0.05) is 12.1 Å². The van der Waals surface area contributed by atoms with Crippen LogP contribution in [-0.4, -0.2) is 16.6 Å². The van der Waals surface area contributed by atoms with Crippen LogP contribution >= 0.6 is 0 Å². The lowest BCUT2D eigenvalue weighted by atomic mass is 9.71. The molecule has 0 amide bonds. The van der Waals surface area contributed by atoms with Crippen LogP contribution in [0.3, 0.4) is 0 Å². The number of aromatic hydroxyl groups is 1. The fourth-order valence-electron chi connectivity index (χ4n) is 5.83. The van der Waals surface area contributed by atoms with Crippen molar-refractivity contribution in [2.75, 3.05) is 5.32 Å². The van der Waals surface area contributed by atoms with Crippen LogP contribution in [0.1, 0.15) is 88.6 Å². The molecule has 4 nitrogen and oxygen atoms in total. The number of nitrogens with zero attached hydrogens (tertiary/aromatic N) is 1. The quantitative estimate of drug-likeness (QED) is 0.364. The molecule has 2 aliphatic rings. The number of phenols is 1. The molecule has 198 valence electrons. The van der Waals surface area contributed by atoms with Gasteiger partial charge < -0.3 is 10.4 Å². The topological polar surface area (TPSA) is 61.7 Å². The maximum absolute atomic E-state index is 14.0. The van der Waals surface area contributed by atoms with Crippen molar-refractivity contribution in [3.8, 4) is 5.75 Å². The van der Waals surface area contributed by atoms with E-state index in [2.05, 4.69) is 59.0 Å². The number of halogens is 1. The molecule has 5 heteroatoms. The molecule has 1 aliphatic heterocycles. The number of fused-ring (bicyclic) bond motifs is 2. The number of carbonyl (C=O) groups excluding carboxylic acids is 1. The van der Waals surface area contributed by atoms with E-state index in [0.29, 0.717) is 18.6 Å². The molecule has 1 fully saturated rings. The van der Waals surface area contributed by atoms with Crippen LogP contribution in [-0.2, 0) is 15.6 Å². The largest absolute Gasteiger partial charge is 0.507 e. The summed E-state index contributed by atoms with van der Waals surface area (Å²) in [6.45, 7) is 12.6. The molecular weight excluding hydrogens is 475 g/mol. The van der Waals surface area contributed by atoms with Gasteiger partial charge in [-0.15, -0.1) is 0 Å². The average molecular weight is 513 g/mol. The Morgan fingerprint density at radius 1 is 0.868 bits per heavy atom. The Kier molecular flexibility index (Phi) is 6.45. The minimum Gasteiger partial charge on any atom is -0.507 e. The zero-order chi connectivity index (χ0) is 27.4. The summed E-state index contributed by atoms with van der Waals surface area (Å²) in [5, 5.41) is 15.0. The van der Waals surface area contributed by atoms with Gasteiger partial charge in [0.2, 0.25) is 0 Å². The first-order valence-electron chi connectivity index (χ1n) is 13.4. The molecule has 5 rings (SSSR count). The number of rotatable bonds is 2.